The molecule has 2 aliphatic rings. The van der Waals surface area contributed by atoms with Crippen molar-refractivity contribution in [2.45, 2.75) is 19.4 Å². The van der Waals surface area contributed by atoms with E-state index in [0.717, 1.165) is 42.3 Å². The number of phenolic OH excluding ortho intramolecular Hbond substituents is 1. The average Bonchev–Trinajstić information content (AvgIpc) is 2.99. The fourth-order valence-corrected chi connectivity index (χ4v) is 4.28. The molecule has 2 N–H and O–H groups in total. The summed E-state index contributed by atoms with van der Waals surface area (Å²) in [6.45, 7) is 5.00. The third kappa shape index (κ3) is 3.34. The lowest BCUT2D eigenvalue weighted by Crippen LogP contribution is -3.19. The molecule has 0 spiro atoms. The summed E-state index contributed by atoms with van der Waals surface area (Å²) >= 11 is 6.18. The van der Waals surface area contributed by atoms with Gasteiger partial charge in [0, 0.05) is 10.7 Å². The highest BCUT2D eigenvalue weighted by Gasteiger charge is 2.46. The number of aromatic hydroxyl groups is 1. The SMILES string of the molecule is Cc1c(Cl)cccc1N1C(=O)C[C@@H]([NH+]2CCN(c3ccc(O)cc3)CC2)C1=O. The first-order valence-corrected chi connectivity index (χ1v) is 9.84. The molecular formula is C21H23ClN3O3+. The first-order valence-electron chi connectivity index (χ1n) is 9.46. The van der Waals surface area contributed by atoms with Gasteiger partial charge in [0.2, 0.25) is 5.91 Å². The maximum Gasteiger partial charge on any atom is 0.292 e. The van der Waals surface area contributed by atoms with Gasteiger partial charge in [0.25, 0.3) is 5.91 Å². The van der Waals surface area contributed by atoms with Crippen LogP contribution in [0.3, 0.4) is 0 Å². The quantitative estimate of drug-likeness (QED) is 0.764. The molecule has 0 radical (unpaired) electrons. The molecular weight excluding hydrogens is 378 g/mol. The number of benzene rings is 2. The van der Waals surface area contributed by atoms with Gasteiger partial charge in [-0.2, -0.15) is 0 Å². The van der Waals surface area contributed by atoms with Crippen LogP contribution in [0.2, 0.25) is 5.02 Å². The van der Waals surface area contributed by atoms with E-state index in [0.29, 0.717) is 10.7 Å². The smallest absolute Gasteiger partial charge is 0.292 e. The van der Waals surface area contributed by atoms with Gasteiger partial charge in [0.15, 0.2) is 6.04 Å². The molecule has 7 heteroatoms. The maximum atomic E-state index is 13.1. The largest absolute Gasteiger partial charge is 0.508 e. The third-order valence-electron chi connectivity index (χ3n) is 5.74. The highest BCUT2D eigenvalue weighted by atomic mass is 35.5. The lowest BCUT2D eigenvalue weighted by atomic mass is 10.1. The van der Waals surface area contributed by atoms with Gasteiger partial charge in [0.05, 0.1) is 38.3 Å². The number of amides is 2. The molecule has 2 heterocycles. The number of phenols is 1. The Morgan fingerprint density at radius 1 is 1.07 bits per heavy atom. The van der Waals surface area contributed by atoms with Crippen molar-refractivity contribution in [3.05, 3.63) is 53.1 Å². The monoisotopic (exact) mass is 400 g/mol. The number of piperazine rings is 1. The molecule has 0 unspecified atom stereocenters. The van der Waals surface area contributed by atoms with E-state index in [-0.39, 0.29) is 30.0 Å². The number of imide groups is 1. The highest BCUT2D eigenvalue weighted by molar-refractivity contribution is 6.32. The molecule has 0 aromatic heterocycles. The molecule has 2 fully saturated rings. The van der Waals surface area contributed by atoms with Crippen molar-refractivity contribution >= 4 is 34.8 Å². The first-order chi connectivity index (χ1) is 13.5. The molecule has 2 aliphatic heterocycles. The molecule has 2 saturated heterocycles. The Morgan fingerprint density at radius 2 is 1.75 bits per heavy atom. The molecule has 1 atom stereocenters. The summed E-state index contributed by atoms with van der Waals surface area (Å²) in [5.74, 6) is -0.0447. The van der Waals surface area contributed by atoms with Gasteiger partial charge in [-0.1, -0.05) is 17.7 Å². The van der Waals surface area contributed by atoms with Crippen LogP contribution >= 0.6 is 11.6 Å². The van der Waals surface area contributed by atoms with E-state index in [2.05, 4.69) is 4.90 Å². The van der Waals surface area contributed by atoms with Crippen LogP contribution in [0, 0.1) is 6.92 Å². The normalized spacial score (nSPS) is 20.9. The number of carbonyl (C=O) groups is 2. The van der Waals surface area contributed by atoms with E-state index in [1.807, 2.05) is 19.1 Å². The van der Waals surface area contributed by atoms with Crippen LogP contribution in [-0.2, 0) is 9.59 Å². The molecule has 146 valence electrons. The third-order valence-corrected chi connectivity index (χ3v) is 6.15. The van der Waals surface area contributed by atoms with Crippen molar-refractivity contribution in [1.82, 2.24) is 0 Å². The van der Waals surface area contributed by atoms with Crippen LogP contribution in [-0.4, -0.2) is 49.1 Å². The highest BCUT2D eigenvalue weighted by Crippen LogP contribution is 2.30. The summed E-state index contributed by atoms with van der Waals surface area (Å²) in [4.78, 5) is 30.4. The molecule has 2 aromatic rings. The lowest BCUT2D eigenvalue weighted by molar-refractivity contribution is -0.915. The van der Waals surface area contributed by atoms with E-state index < -0.39 is 0 Å². The van der Waals surface area contributed by atoms with E-state index >= 15 is 0 Å². The number of hydrogen-bond acceptors (Lipinski definition) is 4. The minimum absolute atomic E-state index is 0.136. The van der Waals surface area contributed by atoms with Gasteiger partial charge in [0.1, 0.15) is 5.75 Å². The van der Waals surface area contributed by atoms with Crippen molar-refractivity contribution in [3.8, 4) is 5.75 Å². The maximum absolute atomic E-state index is 13.1. The molecule has 4 rings (SSSR count). The van der Waals surface area contributed by atoms with E-state index in [1.54, 1.807) is 30.3 Å². The molecule has 0 aliphatic carbocycles. The van der Waals surface area contributed by atoms with E-state index in [1.165, 1.54) is 4.90 Å². The summed E-state index contributed by atoms with van der Waals surface area (Å²) < 4.78 is 0. The second kappa shape index (κ2) is 7.45. The zero-order valence-electron chi connectivity index (χ0n) is 15.7. The van der Waals surface area contributed by atoms with Gasteiger partial charge in [-0.05, 0) is 48.9 Å². The standard InChI is InChI=1S/C21H22ClN3O3/c1-14-17(22)3-2-4-18(14)25-20(27)13-19(21(25)28)24-11-9-23(10-12-24)15-5-7-16(26)8-6-15/h2-8,19,26H,9-13H2,1H3/p+1/t19-/m1/s1. The predicted molar refractivity (Wildman–Crippen MR) is 108 cm³/mol. The molecule has 0 saturated carbocycles. The summed E-state index contributed by atoms with van der Waals surface area (Å²) in [6, 6.07) is 12.1. The zero-order chi connectivity index (χ0) is 19.8. The Bertz CT molecular complexity index is 908. The van der Waals surface area contributed by atoms with Crippen LogP contribution in [0.4, 0.5) is 11.4 Å². The van der Waals surface area contributed by atoms with Gasteiger partial charge < -0.3 is 14.9 Å². The Morgan fingerprint density at radius 3 is 2.43 bits per heavy atom. The Hall–Kier alpha value is -2.57. The molecule has 0 bridgehead atoms. The van der Waals surface area contributed by atoms with Crippen LogP contribution in [0.15, 0.2) is 42.5 Å². The number of anilines is 2. The molecule has 2 aromatic carbocycles. The van der Waals surface area contributed by atoms with Crippen LogP contribution < -0.4 is 14.7 Å². The van der Waals surface area contributed by atoms with Crippen molar-refractivity contribution in [1.29, 1.82) is 0 Å². The molecule has 2 amide bonds. The Kier molecular flexibility index (Phi) is 5.00. The van der Waals surface area contributed by atoms with Gasteiger partial charge in [-0.25, -0.2) is 4.90 Å². The fourth-order valence-electron chi connectivity index (χ4n) is 4.11. The second-order valence-electron chi connectivity index (χ2n) is 7.37. The number of quaternary nitrogens is 1. The van der Waals surface area contributed by atoms with Gasteiger partial charge in [-0.15, -0.1) is 0 Å². The number of carbonyl (C=O) groups excluding carboxylic acids is 2. The van der Waals surface area contributed by atoms with E-state index in [4.69, 9.17) is 11.6 Å². The Balaban J connectivity index is 1.46. The van der Waals surface area contributed by atoms with Gasteiger partial charge >= 0.3 is 0 Å². The van der Waals surface area contributed by atoms with Crippen LogP contribution in [0.1, 0.15) is 12.0 Å². The second-order valence-corrected chi connectivity index (χ2v) is 7.78. The minimum atomic E-state index is -0.340. The van der Waals surface area contributed by atoms with Crippen LogP contribution in [0.5, 0.6) is 5.75 Å². The number of nitrogens with zero attached hydrogens (tertiary/aromatic N) is 2. The zero-order valence-corrected chi connectivity index (χ0v) is 16.4. The van der Waals surface area contributed by atoms with Crippen molar-refractivity contribution in [2.24, 2.45) is 0 Å². The first kappa shape index (κ1) is 18.8. The fraction of sp³-hybridized carbons (Fsp3) is 0.333. The topological polar surface area (TPSA) is 65.3 Å². The molecule has 28 heavy (non-hydrogen) atoms. The lowest BCUT2D eigenvalue weighted by Gasteiger charge is -2.35. The van der Waals surface area contributed by atoms with Crippen molar-refractivity contribution in [2.75, 3.05) is 36.0 Å². The summed E-state index contributed by atoms with van der Waals surface area (Å²) in [5, 5.41) is 10.00. The van der Waals surface area contributed by atoms with E-state index in [9.17, 15) is 14.7 Å². The summed E-state index contributed by atoms with van der Waals surface area (Å²) in [7, 11) is 0. The summed E-state index contributed by atoms with van der Waals surface area (Å²) in [6.07, 6.45) is 0.235. The number of rotatable bonds is 3. The number of nitrogens with one attached hydrogen (secondary N) is 1. The van der Waals surface area contributed by atoms with Crippen molar-refractivity contribution < 1.29 is 19.6 Å². The minimum Gasteiger partial charge on any atom is -0.508 e. The summed E-state index contributed by atoms with van der Waals surface area (Å²) in [5.41, 5.74) is 2.40. The van der Waals surface area contributed by atoms with Crippen LogP contribution in [0.25, 0.3) is 0 Å². The molecule has 6 nitrogen and oxygen atoms in total. The van der Waals surface area contributed by atoms with Gasteiger partial charge in [-0.3, -0.25) is 9.59 Å². The predicted octanol–water partition coefficient (Wildman–Crippen LogP) is 1.39. The van der Waals surface area contributed by atoms with Crippen molar-refractivity contribution in [3.63, 3.8) is 0 Å². The average molecular weight is 401 g/mol. The Labute approximate surface area is 168 Å². The number of hydrogen-bond donors (Lipinski definition) is 2. The number of halogens is 1.